The number of Topliss-reactive ketones (excluding diaryl/α,β-unsaturated/α-hetero) is 1. The average Bonchev–Trinajstić information content (AvgIpc) is 3.48. The van der Waals surface area contributed by atoms with Crippen LogP contribution in [0.2, 0.25) is 0 Å². The quantitative estimate of drug-likeness (QED) is 0.192. The molecule has 0 aliphatic carbocycles. The molecule has 3 N–H and O–H groups in total. The minimum Gasteiger partial charge on any atom is -0.434 e. The monoisotopic (exact) mass is 617 g/mol. The summed E-state index contributed by atoms with van der Waals surface area (Å²) in [5.41, 5.74) is 2.05. The molecule has 5 rings (SSSR count). The fourth-order valence-electron chi connectivity index (χ4n) is 5.31. The molecule has 0 bridgehead atoms. The van der Waals surface area contributed by atoms with Crippen molar-refractivity contribution in [1.82, 2.24) is 25.9 Å². The second kappa shape index (κ2) is 14.4. The van der Waals surface area contributed by atoms with Crippen LogP contribution >= 0.6 is 0 Å². The molecule has 1 aliphatic heterocycles. The summed E-state index contributed by atoms with van der Waals surface area (Å²) in [5.74, 6) is -2.83. The highest BCUT2D eigenvalue weighted by Crippen LogP contribution is 2.26. The standard InChI is InChI=1S/C32H35N5O6S/c38-29(32-37-26-11-4-5-12-27(26)43-32)25(22-8-2-1-3-9-22)15-19-35-31(40)28(20-36-30(39)23-13-17-33-18-14-23)44(41,42)21-24-10-6-7-16-34-24/h1-12,16,23,25,28,33H,13-15,17-21H2,(H,35,40)(H,36,39). The summed E-state index contributed by atoms with van der Waals surface area (Å²) in [4.78, 5) is 48.3. The Labute approximate surface area is 255 Å². The molecule has 2 amide bonds. The number of hydrogen-bond donors (Lipinski definition) is 3. The van der Waals surface area contributed by atoms with Crippen molar-refractivity contribution in [3.8, 4) is 0 Å². The van der Waals surface area contributed by atoms with Crippen LogP contribution in [0.3, 0.4) is 0 Å². The molecule has 1 fully saturated rings. The number of carbonyl (C=O) groups is 3. The second-order valence-corrected chi connectivity index (χ2v) is 13.0. The lowest BCUT2D eigenvalue weighted by atomic mass is 9.91. The van der Waals surface area contributed by atoms with E-state index in [9.17, 15) is 22.8 Å². The minimum atomic E-state index is -4.07. The van der Waals surface area contributed by atoms with Crippen LogP contribution in [0.5, 0.6) is 0 Å². The number of fused-ring (bicyclic) bond motifs is 1. The van der Waals surface area contributed by atoms with E-state index in [1.807, 2.05) is 30.3 Å². The Morgan fingerprint density at radius 1 is 0.932 bits per heavy atom. The van der Waals surface area contributed by atoms with Gasteiger partial charge in [-0.05, 0) is 62.2 Å². The van der Waals surface area contributed by atoms with Crippen LogP contribution in [0.25, 0.3) is 11.1 Å². The van der Waals surface area contributed by atoms with Gasteiger partial charge in [-0.15, -0.1) is 0 Å². The Morgan fingerprint density at radius 2 is 1.66 bits per heavy atom. The number of benzene rings is 2. The number of nitrogens with one attached hydrogen (secondary N) is 3. The molecule has 0 spiro atoms. The third kappa shape index (κ3) is 7.74. The molecule has 44 heavy (non-hydrogen) atoms. The van der Waals surface area contributed by atoms with Gasteiger partial charge in [0, 0.05) is 25.2 Å². The van der Waals surface area contributed by atoms with Crippen molar-refractivity contribution in [2.75, 3.05) is 26.2 Å². The van der Waals surface area contributed by atoms with Gasteiger partial charge >= 0.3 is 0 Å². The summed E-state index contributed by atoms with van der Waals surface area (Å²) < 4.78 is 32.7. The van der Waals surface area contributed by atoms with Gasteiger partial charge in [0.15, 0.2) is 20.7 Å². The molecular weight excluding hydrogens is 582 g/mol. The van der Waals surface area contributed by atoms with Crippen LogP contribution in [0.4, 0.5) is 0 Å². The molecule has 1 saturated heterocycles. The molecule has 2 aromatic heterocycles. The molecule has 2 atom stereocenters. The van der Waals surface area contributed by atoms with Crippen molar-refractivity contribution < 1.29 is 27.2 Å². The predicted octanol–water partition coefficient (Wildman–Crippen LogP) is 2.80. The van der Waals surface area contributed by atoms with Gasteiger partial charge in [0.25, 0.3) is 5.89 Å². The van der Waals surface area contributed by atoms with E-state index in [0.717, 1.165) is 0 Å². The summed E-state index contributed by atoms with van der Waals surface area (Å²) >= 11 is 0. The number of pyridine rings is 1. The van der Waals surface area contributed by atoms with Crippen LogP contribution in [0, 0.1) is 5.92 Å². The van der Waals surface area contributed by atoms with Crippen LogP contribution in [0.1, 0.15) is 47.1 Å². The van der Waals surface area contributed by atoms with Crippen LogP contribution in [-0.4, -0.2) is 67.4 Å². The summed E-state index contributed by atoms with van der Waals surface area (Å²) in [5, 5.41) is 7.06. The lowest BCUT2D eigenvalue weighted by Crippen LogP contribution is -2.49. The number of ketones is 1. The number of amides is 2. The first-order valence-electron chi connectivity index (χ1n) is 14.6. The van der Waals surface area contributed by atoms with Gasteiger partial charge in [-0.25, -0.2) is 13.4 Å². The molecule has 4 aromatic rings. The molecule has 2 unspecified atom stereocenters. The molecule has 230 valence electrons. The predicted molar refractivity (Wildman–Crippen MR) is 164 cm³/mol. The number of para-hydroxylation sites is 2. The van der Waals surface area contributed by atoms with Crippen molar-refractivity contribution in [3.05, 3.63) is 96.1 Å². The number of rotatable bonds is 13. The van der Waals surface area contributed by atoms with Crippen LogP contribution in [0.15, 0.2) is 83.4 Å². The molecule has 3 heterocycles. The fraction of sp³-hybridized carbons (Fsp3) is 0.344. The topological polar surface area (TPSA) is 160 Å². The minimum absolute atomic E-state index is 0.00219. The number of sulfone groups is 1. The van der Waals surface area contributed by atoms with Gasteiger partial charge in [-0.2, -0.15) is 0 Å². The molecule has 2 aromatic carbocycles. The maximum Gasteiger partial charge on any atom is 0.264 e. The maximum atomic E-state index is 13.6. The first kappa shape index (κ1) is 31.0. The van der Waals surface area contributed by atoms with Crippen LogP contribution in [-0.2, 0) is 25.2 Å². The Kier molecular flexibility index (Phi) is 10.1. The number of nitrogens with zero attached hydrogens (tertiary/aromatic N) is 2. The summed E-state index contributed by atoms with van der Waals surface area (Å²) in [6.07, 6.45) is 2.93. The number of hydrogen-bond acceptors (Lipinski definition) is 9. The van der Waals surface area contributed by atoms with E-state index in [0.29, 0.717) is 48.3 Å². The average molecular weight is 618 g/mol. The van der Waals surface area contributed by atoms with E-state index in [4.69, 9.17) is 4.42 Å². The highest BCUT2D eigenvalue weighted by molar-refractivity contribution is 7.92. The lowest BCUT2D eigenvalue weighted by Gasteiger charge is -2.24. The number of aromatic nitrogens is 2. The van der Waals surface area contributed by atoms with Gasteiger partial charge < -0.3 is 20.4 Å². The third-order valence-electron chi connectivity index (χ3n) is 7.73. The van der Waals surface area contributed by atoms with E-state index < -0.39 is 32.7 Å². The highest BCUT2D eigenvalue weighted by atomic mass is 32.2. The van der Waals surface area contributed by atoms with Crippen molar-refractivity contribution in [2.45, 2.75) is 36.2 Å². The van der Waals surface area contributed by atoms with Gasteiger partial charge in [0.05, 0.1) is 17.4 Å². The molecular formula is C32H35N5O6S. The molecule has 1 aliphatic rings. The smallest absolute Gasteiger partial charge is 0.264 e. The normalized spacial score (nSPS) is 15.4. The molecule has 11 nitrogen and oxygen atoms in total. The Hall–Kier alpha value is -4.42. The SMILES string of the molecule is O=C(NCC(C(=O)NCCC(C(=O)c1nc2ccccc2o1)c1ccccc1)S(=O)(=O)Cc1ccccn1)C1CCNCC1. The number of piperidine rings is 1. The number of carbonyl (C=O) groups excluding carboxylic acids is 3. The van der Waals surface area contributed by atoms with E-state index in [2.05, 4.69) is 25.9 Å². The van der Waals surface area contributed by atoms with E-state index in [1.54, 1.807) is 42.5 Å². The largest absolute Gasteiger partial charge is 0.434 e. The van der Waals surface area contributed by atoms with Gasteiger partial charge in [-0.1, -0.05) is 48.5 Å². The molecule has 12 heteroatoms. The van der Waals surface area contributed by atoms with Crippen molar-refractivity contribution in [2.24, 2.45) is 5.92 Å². The van der Waals surface area contributed by atoms with E-state index in [1.165, 1.54) is 6.20 Å². The number of oxazole rings is 1. The Morgan fingerprint density at radius 3 is 2.39 bits per heavy atom. The highest BCUT2D eigenvalue weighted by Gasteiger charge is 2.35. The summed E-state index contributed by atoms with van der Waals surface area (Å²) in [7, 11) is -4.07. The zero-order chi connectivity index (χ0) is 30.9. The lowest BCUT2D eigenvalue weighted by molar-refractivity contribution is -0.126. The third-order valence-corrected chi connectivity index (χ3v) is 9.67. The first-order chi connectivity index (χ1) is 21.3. The van der Waals surface area contributed by atoms with Crippen molar-refractivity contribution in [1.29, 1.82) is 0 Å². The van der Waals surface area contributed by atoms with E-state index in [-0.39, 0.29) is 43.0 Å². The molecule has 0 saturated carbocycles. The Balaban J connectivity index is 1.30. The maximum absolute atomic E-state index is 13.6. The second-order valence-electron chi connectivity index (χ2n) is 10.8. The Bertz CT molecular complexity index is 1650. The zero-order valence-electron chi connectivity index (χ0n) is 24.1. The molecule has 0 radical (unpaired) electrons. The van der Waals surface area contributed by atoms with Gasteiger partial charge in [0.2, 0.25) is 17.6 Å². The zero-order valence-corrected chi connectivity index (χ0v) is 25.0. The van der Waals surface area contributed by atoms with E-state index >= 15 is 0 Å². The summed E-state index contributed by atoms with van der Waals surface area (Å²) in [6, 6.07) is 21.1. The summed E-state index contributed by atoms with van der Waals surface area (Å²) in [6.45, 7) is 1.03. The van der Waals surface area contributed by atoms with Crippen molar-refractivity contribution >= 4 is 38.5 Å². The fourth-order valence-corrected chi connectivity index (χ4v) is 6.84. The van der Waals surface area contributed by atoms with Crippen molar-refractivity contribution in [3.63, 3.8) is 0 Å². The first-order valence-corrected chi connectivity index (χ1v) is 16.4. The van der Waals surface area contributed by atoms with Gasteiger partial charge in [-0.3, -0.25) is 19.4 Å². The van der Waals surface area contributed by atoms with Gasteiger partial charge in [0.1, 0.15) is 5.52 Å². The van der Waals surface area contributed by atoms with Crippen LogP contribution < -0.4 is 16.0 Å².